The number of methoxy groups -OCH3 is 1. The summed E-state index contributed by atoms with van der Waals surface area (Å²) >= 11 is 0. The fourth-order valence-corrected chi connectivity index (χ4v) is 5.28. The molecule has 4 aromatic carbocycles. The van der Waals surface area contributed by atoms with Gasteiger partial charge >= 0.3 is 5.97 Å². The number of ether oxygens (including phenoxy) is 3. The summed E-state index contributed by atoms with van der Waals surface area (Å²) in [6, 6.07) is 30.2. The molecule has 2 N–H and O–H groups in total. The Hall–Kier alpha value is -5.21. The first-order valence-electron chi connectivity index (χ1n) is 14.1. The topological polar surface area (TPSA) is 101 Å². The minimum atomic E-state index is -0.309. The summed E-state index contributed by atoms with van der Waals surface area (Å²) in [6.07, 6.45) is 1.82. The van der Waals surface area contributed by atoms with Crippen LogP contribution < -0.4 is 10.5 Å². The van der Waals surface area contributed by atoms with Crippen molar-refractivity contribution in [1.82, 2.24) is 14.8 Å². The van der Waals surface area contributed by atoms with E-state index in [-0.39, 0.29) is 19.0 Å². The molecule has 216 valence electrons. The lowest BCUT2D eigenvalue weighted by atomic mass is 10.00. The molecule has 43 heavy (non-hydrogen) atoms. The first-order chi connectivity index (χ1) is 21.0. The molecular formula is C35H32N4O4. The Morgan fingerprint density at radius 3 is 2.47 bits per heavy atom. The van der Waals surface area contributed by atoms with E-state index in [4.69, 9.17) is 25.0 Å². The highest BCUT2D eigenvalue weighted by Gasteiger charge is 2.17. The van der Waals surface area contributed by atoms with Crippen LogP contribution in [-0.4, -0.2) is 34.5 Å². The minimum Gasteiger partial charge on any atom is -0.487 e. The summed E-state index contributed by atoms with van der Waals surface area (Å²) in [5.41, 5.74) is 12.6. The van der Waals surface area contributed by atoms with Crippen molar-refractivity contribution in [1.29, 1.82) is 0 Å². The lowest BCUT2D eigenvalue weighted by Crippen LogP contribution is -2.10. The van der Waals surface area contributed by atoms with Crippen molar-refractivity contribution in [3.63, 3.8) is 0 Å². The Labute approximate surface area is 249 Å². The van der Waals surface area contributed by atoms with Crippen LogP contribution in [0.15, 0.2) is 97.2 Å². The van der Waals surface area contributed by atoms with Crippen molar-refractivity contribution >= 4 is 33.5 Å². The summed E-state index contributed by atoms with van der Waals surface area (Å²) in [6.45, 7) is 2.75. The third kappa shape index (κ3) is 5.91. The number of nitrogens with zero attached hydrogens (tertiary/aromatic N) is 3. The monoisotopic (exact) mass is 572 g/mol. The highest BCUT2D eigenvalue weighted by molar-refractivity contribution is 5.95. The average Bonchev–Trinajstić information content (AvgIpc) is 3.39. The van der Waals surface area contributed by atoms with Crippen molar-refractivity contribution in [3.8, 4) is 22.6 Å². The molecular weight excluding hydrogens is 540 g/mol. The van der Waals surface area contributed by atoms with Crippen molar-refractivity contribution in [2.75, 3.05) is 19.5 Å². The Kier molecular flexibility index (Phi) is 8.02. The van der Waals surface area contributed by atoms with Crippen LogP contribution in [0.5, 0.6) is 5.75 Å². The fraction of sp³-hybridized carbons (Fsp3) is 0.171. The molecule has 0 aliphatic heterocycles. The van der Waals surface area contributed by atoms with Crippen LogP contribution in [0, 0.1) is 0 Å². The summed E-state index contributed by atoms with van der Waals surface area (Å²) in [7, 11) is 1.64. The molecule has 0 amide bonds. The number of esters is 1. The molecule has 0 saturated heterocycles. The van der Waals surface area contributed by atoms with Gasteiger partial charge in [-0.1, -0.05) is 42.5 Å². The molecule has 0 radical (unpaired) electrons. The highest BCUT2D eigenvalue weighted by atomic mass is 16.5. The number of hydrogen-bond donors (Lipinski definition) is 1. The van der Waals surface area contributed by atoms with Gasteiger partial charge in [-0.25, -0.2) is 9.67 Å². The zero-order valence-corrected chi connectivity index (χ0v) is 24.1. The number of nitrogen functional groups attached to an aromatic ring is 1. The zero-order valence-electron chi connectivity index (χ0n) is 24.1. The second-order valence-electron chi connectivity index (χ2n) is 10.2. The number of fused-ring (bicyclic) bond motifs is 2. The van der Waals surface area contributed by atoms with Gasteiger partial charge in [-0.2, -0.15) is 5.10 Å². The van der Waals surface area contributed by atoms with E-state index < -0.39 is 0 Å². The number of benzene rings is 4. The number of carbonyl (C=O) groups is 1. The van der Waals surface area contributed by atoms with Crippen LogP contribution in [0.2, 0.25) is 0 Å². The molecule has 0 spiro atoms. The van der Waals surface area contributed by atoms with Gasteiger partial charge in [0.2, 0.25) is 0 Å². The number of rotatable bonds is 10. The van der Waals surface area contributed by atoms with Crippen LogP contribution in [0.1, 0.15) is 23.7 Å². The van der Waals surface area contributed by atoms with Gasteiger partial charge in [-0.3, -0.25) is 4.79 Å². The third-order valence-corrected chi connectivity index (χ3v) is 7.33. The highest BCUT2D eigenvalue weighted by Crippen LogP contribution is 2.32. The maximum atomic E-state index is 12.4. The predicted octanol–water partition coefficient (Wildman–Crippen LogP) is 6.65. The lowest BCUT2D eigenvalue weighted by molar-refractivity contribution is -0.142. The Bertz CT molecular complexity index is 1920. The molecule has 0 aliphatic carbocycles. The van der Waals surface area contributed by atoms with E-state index in [1.54, 1.807) is 20.2 Å². The molecule has 0 aliphatic rings. The molecule has 0 saturated carbocycles. The van der Waals surface area contributed by atoms with E-state index in [0.29, 0.717) is 24.8 Å². The first-order valence-corrected chi connectivity index (χ1v) is 14.1. The predicted molar refractivity (Wildman–Crippen MR) is 168 cm³/mol. The molecule has 6 rings (SSSR count). The molecule has 0 fully saturated rings. The molecule has 8 nitrogen and oxygen atoms in total. The largest absolute Gasteiger partial charge is 0.487 e. The molecule has 0 atom stereocenters. The average molecular weight is 573 g/mol. The van der Waals surface area contributed by atoms with Gasteiger partial charge in [0.15, 0.2) is 0 Å². The summed E-state index contributed by atoms with van der Waals surface area (Å²) < 4.78 is 18.8. The number of para-hydroxylation sites is 1. The number of aromatic nitrogens is 3. The SMILES string of the molecule is CCOC(=O)Cc1cc(COC)ccc1OCc1nn(-c2ccccc2)c2ccc(-c3ccc4ccnc(N)c4c3)cc12. The van der Waals surface area contributed by atoms with Crippen LogP contribution >= 0.6 is 0 Å². The molecule has 2 heterocycles. The van der Waals surface area contributed by atoms with E-state index >= 15 is 0 Å². The number of pyridine rings is 1. The molecule has 6 aromatic rings. The fourth-order valence-electron chi connectivity index (χ4n) is 5.28. The van der Waals surface area contributed by atoms with Crippen LogP contribution in [-0.2, 0) is 33.9 Å². The van der Waals surface area contributed by atoms with E-state index in [9.17, 15) is 4.79 Å². The van der Waals surface area contributed by atoms with E-state index in [1.165, 1.54) is 0 Å². The Morgan fingerprint density at radius 2 is 1.67 bits per heavy atom. The quantitative estimate of drug-likeness (QED) is 0.183. The van der Waals surface area contributed by atoms with Crippen LogP contribution in [0.4, 0.5) is 5.82 Å². The van der Waals surface area contributed by atoms with Gasteiger partial charge in [0.1, 0.15) is 23.9 Å². The van der Waals surface area contributed by atoms with Crippen molar-refractivity contribution in [3.05, 3.63) is 114 Å². The third-order valence-electron chi connectivity index (χ3n) is 7.33. The Morgan fingerprint density at radius 1 is 0.884 bits per heavy atom. The van der Waals surface area contributed by atoms with Crippen molar-refractivity contribution in [2.24, 2.45) is 0 Å². The van der Waals surface area contributed by atoms with Gasteiger partial charge in [-0.05, 0) is 77.5 Å². The van der Waals surface area contributed by atoms with Gasteiger partial charge in [0.25, 0.3) is 0 Å². The lowest BCUT2D eigenvalue weighted by Gasteiger charge is -2.13. The minimum absolute atomic E-state index is 0.101. The van der Waals surface area contributed by atoms with Gasteiger partial charge in [-0.15, -0.1) is 0 Å². The number of carbonyl (C=O) groups excluding carboxylic acids is 1. The second-order valence-corrected chi connectivity index (χ2v) is 10.2. The standard InChI is InChI=1S/C35H32N4O4/c1-3-42-34(40)20-27-17-23(21-41-2)9-14-33(27)43-22-31-30-19-26(25-11-10-24-15-16-37-35(36)29(24)18-25)12-13-32(30)39(38-31)28-7-5-4-6-8-28/h4-19H,3,20-22H2,1-2H3,(H2,36,37). The van der Waals surface area contributed by atoms with Gasteiger partial charge in [0.05, 0.1) is 30.8 Å². The smallest absolute Gasteiger partial charge is 0.310 e. The van der Waals surface area contributed by atoms with Crippen molar-refractivity contribution < 1.29 is 19.0 Å². The molecule has 2 aromatic heterocycles. The van der Waals surface area contributed by atoms with Gasteiger partial charge in [0, 0.05) is 29.6 Å². The first kappa shape index (κ1) is 27.9. The Balaban J connectivity index is 1.40. The number of hydrogen-bond acceptors (Lipinski definition) is 7. The van der Waals surface area contributed by atoms with Crippen LogP contribution in [0.3, 0.4) is 0 Å². The zero-order chi connectivity index (χ0) is 29.8. The number of nitrogens with two attached hydrogens (primary N) is 1. The van der Waals surface area contributed by atoms with Crippen molar-refractivity contribution in [2.45, 2.75) is 26.6 Å². The second kappa shape index (κ2) is 12.3. The van der Waals surface area contributed by atoms with E-state index in [2.05, 4.69) is 41.4 Å². The maximum Gasteiger partial charge on any atom is 0.310 e. The van der Waals surface area contributed by atoms with E-state index in [0.717, 1.165) is 55.3 Å². The normalized spacial score (nSPS) is 11.2. The van der Waals surface area contributed by atoms with Gasteiger partial charge < -0.3 is 19.9 Å². The summed E-state index contributed by atoms with van der Waals surface area (Å²) in [4.78, 5) is 16.6. The molecule has 0 bridgehead atoms. The summed E-state index contributed by atoms with van der Waals surface area (Å²) in [5, 5.41) is 7.90. The number of anilines is 1. The molecule has 0 unspecified atom stereocenters. The maximum absolute atomic E-state index is 12.4. The van der Waals surface area contributed by atoms with Crippen LogP contribution in [0.25, 0.3) is 38.5 Å². The summed E-state index contributed by atoms with van der Waals surface area (Å²) in [5.74, 6) is 0.794. The molecule has 8 heteroatoms. The van der Waals surface area contributed by atoms with E-state index in [1.807, 2.05) is 59.3 Å².